The molecule has 0 saturated heterocycles. The zero-order valence-electron chi connectivity index (χ0n) is 18.1. The summed E-state index contributed by atoms with van der Waals surface area (Å²) in [6, 6.07) is 25.7. The molecule has 0 N–H and O–H groups in total. The first kappa shape index (κ1) is 20.4. The summed E-state index contributed by atoms with van der Waals surface area (Å²) in [5.41, 5.74) is 2.34. The summed E-state index contributed by atoms with van der Waals surface area (Å²) < 4.78 is 28.9. The number of rotatable bonds is 3. The zero-order valence-corrected chi connectivity index (χ0v) is 18.9. The molecule has 2 heterocycles. The molecule has 0 unspecified atom stereocenters. The van der Waals surface area contributed by atoms with Crippen LogP contribution in [0, 0.1) is 6.92 Å². The third kappa shape index (κ3) is 2.64. The molecule has 5 aromatic rings. The Morgan fingerprint density at radius 1 is 0.706 bits per heavy atom. The molecule has 0 aliphatic carbocycles. The minimum Gasteiger partial charge on any atom is -0.268 e. The lowest BCUT2D eigenvalue weighted by molar-refractivity contribution is 0.0926. The number of imide groups is 1. The molecule has 1 aliphatic heterocycles. The monoisotopic (exact) mass is 466 g/mol. The second-order valence-electron chi connectivity index (χ2n) is 8.20. The lowest BCUT2D eigenvalue weighted by Gasteiger charge is -2.14. The number of benzene rings is 4. The Morgan fingerprint density at radius 2 is 1.32 bits per heavy atom. The maximum absolute atomic E-state index is 13.8. The van der Waals surface area contributed by atoms with Crippen LogP contribution in [-0.4, -0.2) is 24.2 Å². The highest BCUT2D eigenvalue weighted by Gasteiger charge is 2.40. The Bertz CT molecular complexity index is 1760. The SMILES string of the molecule is Cc1c2c(cc3c4ccccc4n(S(=O)(=O)c4ccccc4)c13)C(=O)N(c1ccccc1)C2=O. The first-order chi connectivity index (χ1) is 16.4. The van der Waals surface area contributed by atoms with Crippen LogP contribution in [-0.2, 0) is 10.0 Å². The van der Waals surface area contributed by atoms with Gasteiger partial charge in [-0.25, -0.2) is 17.3 Å². The number of para-hydroxylation sites is 2. The van der Waals surface area contributed by atoms with Gasteiger partial charge in [-0.3, -0.25) is 9.59 Å². The van der Waals surface area contributed by atoms with E-state index in [1.54, 1.807) is 79.7 Å². The van der Waals surface area contributed by atoms with Crippen LogP contribution < -0.4 is 4.90 Å². The third-order valence-electron chi connectivity index (χ3n) is 6.31. The van der Waals surface area contributed by atoms with Crippen LogP contribution in [0.3, 0.4) is 0 Å². The van der Waals surface area contributed by atoms with Crippen molar-refractivity contribution in [3.63, 3.8) is 0 Å². The Labute approximate surface area is 195 Å². The molecular formula is C27H18N2O4S. The largest absolute Gasteiger partial charge is 0.268 e. The first-order valence-corrected chi connectivity index (χ1v) is 12.2. The molecule has 0 saturated carbocycles. The lowest BCUT2D eigenvalue weighted by atomic mass is 9.99. The Morgan fingerprint density at radius 3 is 2.03 bits per heavy atom. The fraction of sp³-hybridized carbons (Fsp3) is 0.0370. The van der Waals surface area contributed by atoms with Gasteiger partial charge >= 0.3 is 0 Å². The van der Waals surface area contributed by atoms with Gasteiger partial charge < -0.3 is 0 Å². The Balaban J connectivity index is 1.71. The van der Waals surface area contributed by atoms with Crippen LogP contribution in [0.5, 0.6) is 0 Å². The number of nitrogens with zero attached hydrogens (tertiary/aromatic N) is 2. The van der Waals surface area contributed by atoms with Crippen LogP contribution in [0.25, 0.3) is 21.8 Å². The van der Waals surface area contributed by atoms with Crippen LogP contribution >= 0.6 is 0 Å². The molecule has 0 spiro atoms. The van der Waals surface area contributed by atoms with Gasteiger partial charge in [0.25, 0.3) is 21.8 Å². The van der Waals surface area contributed by atoms with Gasteiger partial charge in [0, 0.05) is 10.8 Å². The van der Waals surface area contributed by atoms with E-state index in [9.17, 15) is 18.0 Å². The van der Waals surface area contributed by atoms with Crippen LogP contribution in [0.1, 0.15) is 26.3 Å². The van der Waals surface area contributed by atoms with Gasteiger partial charge in [0.05, 0.1) is 32.7 Å². The van der Waals surface area contributed by atoms with Crippen molar-refractivity contribution < 1.29 is 18.0 Å². The molecule has 6 nitrogen and oxygen atoms in total. The topological polar surface area (TPSA) is 76.5 Å². The Hall–Kier alpha value is -4.23. The Kier molecular flexibility index (Phi) is 4.28. The smallest absolute Gasteiger partial charge is 0.268 e. The summed E-state index contributed by atoms with van der Waals surface area (Å²) in [6.45, 7) is 1.71. The second-order valence-corrected chi connectivity index (χ2v) is 9.99. The summed E-state index contributed by atoms with van der Waals surface area (Å²) in [6.07, 6.45) is 0. The van der Waals surface area contributed by atoms with Crippen LogP contribution in [0.15, 0.2) is 95.9 Å². The predicted octanol–water partition coefficient (Wildman–Crippen LogP) is 5.14. The van der Waals surface area contributed by atoms with Crippen LogP contribution in [0.2, 0.25) is 0 Å². The lowest BCUT2D eigenvalue weighted by Crippen LogP contribution is -2.29. The quantitative estimate of drug-likeness (QED) is 0.345. The molecule has 0 radical (unpaired) electrons. The number of anilines is 1. The van der Waals surface area contributed by atoms with Crippen molar-refractivity contribution in [2.45, 2.75) is 11.8 Å². The van der Waals surface area contributed by atoms with Crippen molar-refractivity contribution in [2.75, 3.05) is 4.90 Å². The molecule has 0 bridgehead atoms. The summed E-state index contributed by atoms with van der Waals surface area (Å²) in [4.78, 5) is 28.1. The number of fused-ring (bicyclic) bond motifs is 4. The van der Waals surface area contributed by atoms with Gasteiger partial charge in [0.1, 0.15) is 0 Å². The highest BCUT2D eigenvalue weighted by Crippen LogP contribution is 2.40. The molecule has 2 amide bonds. The van der Waals surface area contributed by atoms with Gasteiger partial charge in [-0.2, -0.15) is 0 Å². The van der Waals surface area contributed by atoms with E-state index >= 15 is 0 Å². The number of carbonyl (C=O) groups excluding carboxylic acids is 2. The van der Waals surface area contributed by atoms with Crippen molar-refractivity contribution in [1.82, 2.24) is 3.97 Å². The third-order valence-corrected chi connectivity index (χ3v) is 8.03. The molecule has 7 heteroatoms. The van der Waals surface area contributed by atoms with Gasteiger partial charge in [-0.15, -0.1) is 0 Å². The van der Waals surface area contributed by atoms with E-state index < -0.39 is 21.8 Å². The zero-order chi connectivity index (χ0) is 23.6. The summed E-state index contributed by atoms with van der Waals surface area (Å²) in [5, 5.41) is 1.31. The summed E-state index contributed by atoms with van der Waals surface area (Å²) >= 11 is 0. The maximum atomic E-state index is 13.8. The fourth-order valence-corrected chi connectivity index (χ4v) is 6.41. The average molecular weight is 467 g/mol. The summed E-state index contributed by atoms with van der Waals surface area (Å²) in [5.74, 6) is -0.876. The normalized spacial score (nSPS) is 13.7. The van der Waals surface area contributed by atoms with Crippen molar-refractivity contribution in [2.24, 2.45) is 0 Å². The standard InChI is InChI=1S/C27H18N2O4S/c1-17-24-22(26(30)28(27(24)31)18-10-4-2-5-11-18)16-21-20-14-8-9-15-23(20)29(25(17)21)34(32,33)19-12-6-3-7-13-19/h2-16H,1H3. The average Bonchev–Trinajstić information content (AvgIpc) is 3.33. The van der Waals surface area contributed by atoms with E-state index in [1.807, 2.05) is 18.2 Å². The van der Waals surface area contributed by atoms with Crippen molar-refractivity contribution in [3.8, 4) is 0 Å². The van der Waals surface area contributed by atoms with Crippen molar-refractivity contribution in [3.05, 3.63) is 108 Å². The van der Waals surface area contributed by atoms with Gasteiger partial charge in [-0.1, -0.05) is 54.6 Å². The second kappa shape index (κ2) is 7.13. The molecule has 4 aromatic carbocycles. The van der Waals surface area contributed by atoms with Gasteiger partial charge in [0.15, 0.2) is 0 Å². The molecule has 166 valence electrons. The maximum Gasteiger partial charge on any atom is 0.268 e. The van der Waals surface area contributed by atoms with Gasteiger partial charge in [-0.05, 0) is 48.9 Å². The van der Waals surface area contributed by atoms with E-state index in [0.717, 1.165) is 4.90 Å². The highest BCUT2D eigenvalue weighted by molar-refractivity contribution is 7.90. The number of aryl methyl sites for hydroxylation is 1. The first-order valence-electron chi connectivity index (χ1n) is 10.7. The molecular weight excluding hydrogens is 448 g/mol. The number of aromatic nitrogens is 1. The number of hydrogen-bond donors (Lipinski definition) is 0. The molecule has 0 fully saturated rings. The van der Waals surface area contributed by atoms with Crippen molar-refractivity contribution in [1.29, 1.82) is 0 Å². The number of amides is 2. The highest BCUT2D eigenvalue weighted by atomic mass is 32.2. The van der Waals surface area contributed by atoms with Crippen molar-refractivity contribution >= 4 is 49.3 Å². The molecule has 34 heavy (non-hydrogen) atoms. The fourth-order valence-electron chi connectivity index (χ4n) is 4.80. The van der Waals surface area contributed by atoms with E-state index in [0.29, 0.717) is 33.1 Å². The summed E-state index contributed by atoms with van der Waals surface area (Å²) in [7, 11) is -3.98. The number of carbonyl (C=O) groups is 2. The molecule has 1 aromatic heterocycles. The van der Waals surface area contributed by atoms with E-state index in [2.05, 4.69) is 0 Å². The van der Waals surface area contributed by atoms with E-state index in [4.69, 9.17) is 0 Å². The predicted molar refractivity (Wildman–Crippen MR) is 131 cm³/mol. The van der Waals surface area contributed by atoms with Crippen LogP contribution in [0.4, 0.5) is 5.69 Å². The molecule has 6 rings (SSSR count). The van der Waals surface area contributed by atoms with Gasteiger partial charge in [0.2, 0.25) is 0 Å². The minimum absolute atomic E-state index is 0.144. The number of hydrogen-bond acceptors (Lipinski definition) is 4. The minimum atomic E-state index is -3.98. The molecule has 1 aliphatic rings. The molecule has 0 atom stereocenters. The van der Waals surface area contributed by atoms with E-state index in [-0.39, 0.29) is 16.0 Å². The van der Waals surface area contributed by atoms with E-state index in [1.165, 1.54) is 3.97 Å².